The number of hydrogen-bond acceptors (Lipinski definition) is 6. The third-order valence-electron chi connectivity index (χ3n) is 5.33. The second kappa shape index (κ2) is 13.4. The molecule has 0 fully saturated rings. The topological polar surface area (TPSA) is 100 Å². The highest BCUT2D eigenvalue weighted by Crippen LogP contribution is 2.28. The van der Waals surface area contributed by atoms with Gasteiger partial charge in [0.05, 0.1) is 5.25 Å². The number of rotatable bonds is 10. The van der Waals surface area contributed by atoms with E-state index in [2.05, 4.69) is 20.9 Å². The summed E-state index contributed by atoms with van der Waals surface area (Å²) in [7, 11) is 0. The van der Waals surface area contributed by atoms with E-state index in [1.807, 2.05) is 48.0 Å². The summed E-state index contributed by atoms with van der Waals surface area (Å²) < 4.78 is 0. The zero-order valence-electron chi connectivity index (χ0n) is 20.6. The average Bonchev–Trinajstić information content (AvgIpc) is 3.46. The summed E-state index contributed by atoms with van der Waals surface area (Å²) in [5.41, 5.74) is 1.92. The Kier molecular flexibility index (Phi) is 9.44. The van der Waals surface area contributed by atoms with Gasteiger partial charge < -0.3 is 16.0 Å². The molecule has 0 radical (unpaired) electrons. The molecule has 2 heterocycles. The molecule has 2 aromatic heterocycles. The number of nitrogens with zero attached hydrogens (tertiary/aromatic N) is 1. The number of anilines is 2. The van der Waals surface area contributed by atoms with Crippen LogP contribution in [-0.4, -0.2) is 28.0 Å². The minimum absolute atomic E-state index is 0.122. The van der Waals surface area contributed by atoms with Gasteiger partial charge in [0.15, 0.2) is 0 Å². The Bertz CT molecular complexity index is 1410. The van der Waals surface area contributed by atoms with E-state index in [0.29, 0.717) is 23.5 Å². The first-order valence-electron chi connectivity index (χ1n) is 11.9. The van der Waals surface area contributed by atoms with Gasteiger partial charge in [0, 0.05) is 22.3 Å². The maximum absolute atomic E-state index is 13.2. The van der Waals surface area contributed by atoms with Crippen LogP contribution >= 0.6 is 23.1 Å². The molecule has 0 saturated heterocycles. The van der Waals surface area contributed by atoms with Gasteiger partial charge in [-0.3, -0.25) is 14.4 Å². The van der Waals surface area contributed by atoms with Crippen LogP contribution in [0.1, 0.15) is 29.3 Å². The van der Waals surface area contributed by atoms with Crippen LogP contribution in [0.25, 0.3) is 6.08 Å². The molecule has 3 amide bonds. The van der Waals surface area contributed by atoms with E-state index in [9.17, 15) is 14.4 Å². The van der Waals surface area contributed by atoms with Gasteiger partial charge in [-0.2, -0.15) is 11.3 Å². The third kappa shape index (κ3) is 7.64. The van der Waals surface area contributed by atoms with E-state index >= 15 is 0 Å². The van der Waals surface area contributed by atoms with Crippen LogP contribution < -0.4 is 16.0 Å². The van der Waals surface area contributed by atoms with Crippen LogP contribution in [0, 0.1) is 0 Å². The van der Waals surface area contributed by atoms with Crippen LogP contribution in [0.4, 0.5) is 11.5 Å². The molecule has 0 saturated carbocycles. The van der Waals surface area contributed by atoms with Crippen molar-refractivity contribution in [2.45, 2.75) is 23.5 Å². The monoisotopic (exact) mass is 542 g/mol. The molecule has 1 unspecified atom stereocenters. The molecule has 2 aromatic carbocycles. The number of thioether (sulfide) groups is 1. The maximum atomic E-state index is 13.2. The largest absolute Gasteiger partial charge is 0.321 e. The second-order valence-electron chi connectivity index (χ2n) is 8.14. The summed E-state index contributed by atoms with van der Waals surface area (Å²) in [5, 5.41) is 11.9. The molecular formula is C29H26N4O3S2. The highest BCUT2D eigenvalue weighted by molar-refractivity contribution is 8.00. The predicted molar refractivity (Wildman–Crippen MR) is 154 cm³/mol. The maximum Gasteiger partial charge on any atom is 0.272 e. The Hall–Kier alpha value is -4.21. The minimum atomic E-state index is -0.456. The highest BCUT2D eigenvalue weighted by atomic mass is 32.2. The van der Waals surface area contributed by atoms with E-state index in [4.69, 9.17) is 0 Å². The van der Waals surface area contributed by atoms with E-state index < -0.39 is 5.91 Å². The van der Waals surface area contributed by atoms with Gasteiger partial charge in [-0.1, -0.05) is 37.3 Å². The van der Waals surface area contributed by atoms with Gasteiger partial charge in [-0.15, -0.1) is 11.8 Å². The van der Waals surface area contributed by atoms with E-state index in [0.717, 1.165) is 10.5 Å². The summed E-state index contributed by atoms with van der Waals surface area (Å²) >= 11 is 2.90. The Morgan fingerprint density at radius 3 is 2.50 bits per heavy atom. The van der Waals surface area contributed by atoms with Gasteiger partial charge in [0.25, 0.3) is 11.8 Å². The lowest BCUT2D eigenvalue weighted by Gasteiger charge is -2.15. The van der Waals surface area contributed by atoms with Crippen molar-refractivity contribution in [3.8, 4) is 0 Å². The number of carbonyl (C=O) groups is 3. The Morgan fingerprint density at radius 1 is 0.974 bits per heavy atom. The number of amides is 3. The van der Waals surface area contributed by atoms with Gasteiger partial charge in [0.1, 0.15) is 11.5 Å². The smallest absolute Gasteiger partial charge is 0.272 e. The molecule has 7 nitrogen and oxygen atoms in total. The number of nitrogens with one attached hydrogen (secondary N) is 3. The van der Waals surface area contributed by atoms with Crippen molar-refractivity contribution in [1.29, 1.82) is 0 Å². The second-order valence-corrected chi connectivity index (χ2v) is 10.2. The number of hydrogen-bond donors (Lipinski definition) is 3. The van der Waals surface area contributed by atoms with Gasteiger partial charge in [0.2, 0.25) is 5.91 Å². The summed E-state index contributed by atoms with van der Waals surface area (Å²) in [5.74, 6) is -0.478. The first-order valence-corrected chi connectivity index (χ1v) is 13.7. The number of thiophene rings is 1. The Labute approximate surface area is 229 Å². The fourth-order valence-corrected chi connectivity index (χ4v) is 5.07. The number of carbonyl (C=O) groups excluding carboxylic acids is 3. The lowest BCUT2D eigenvalue weighted by Crippen LogP contribution is -2.30. The lowest BCUT2D eigenvalue weighted by molar-refractivity contribution is -0.116. The van der Waals surface area contributed by atoms with E-state index in [-0.39, 0.29) is 22.8 Å². The fraction of sp³-hybridized carbons (Fsp3) is 0.103. The van der Waals surface area contributed by atoms with Gasteiger partial charge >= 0.3 is 0 Å². The normalized spacial score (nSPS) is 11.9. The molecule has 0 aliphatic carbocycles. The van der Waals surface area contributed by atoms with Crippen molar-refractivity contribution in [3.63, 3.8) is 0 Å². The van der Waals surface area contributed by atoms with Crippen molar-refractivity contribution < 1.29 is 14.4 Å². The van der Waals surface area contributed by atoms with Crippen LogP contribution in [0.5, 0.6) is 0 Å². The molecule has 38 heavy (non-hydrogen) atoms. The van der Waals surface area contributed by atoms with Crippen molar-refractivity contribution in [1.82, 2.24) is 10.3 Å². The Balaban J connectivity index is 1.46. The van der Waals surface area contributed by atoms with Crippen molar-refractivity contribution in [3.05, 3.63) is 113 Å². The molecule has 0 aliphatic heterocycles. The van der Waals surface area contributed by atoms with Crippen LogP contribution in [0.2, 0.25) is 0 Å². The molecule has 9 heteroatoms. The first kappa shape index (κ1) is 26.8. The fourth-order valence-electron chi connectivity index (χ4n) is 3.44. The van der Waals surface area contributed by atoms with Crippen LogP contribution in [0.15, 0.2) is 106 Å². The number of pyridine rings is 1. The first-order chi connectivity index (χ1) is 18.5. The zero-order chi connectivity index (χ0) is 26.7. The third-order valence-corrected chi connectivity index (χ3v) is 7.39. The molecule has 192 valence electrons. The standard InChI is InChI=1S/C29H26N4O3S2/c1-2-25(29(36)33-26-13-6-7-15-30-26)38-23-12-8-11-22(18-23)31-28(35)24(17-20-14-16-37-19-20)32-27(34)21-9-4-3-5-10-21/h3-19,25H,2H2,1H3,(H,31,35)(H,32,34)(H,30,33,36)/b24-17-. The summed E-state index contributed by atoms with van der Waals surface area (Å²) in [4.78, 5) is 43.8. The molecule has 3 N–H and O–H groups in total. The molecule has 4 rings (SSSR count). The predicted octanol–water partition coefficient (Wildman–Crippen LogP) is 6.06. The minimum Gasteiger partial charge on any atom is -0.321 e. The van der Waals surface area contributed by atoms with Crippen molar-refractivity contribution >= 4 is 58.4 Å². The molecule has 0 bridgehead atoms. The molecule has 0 spiro atoms. The quantitative estimate of drug-likeness (QED) is 0.167. The Morgan fingerprint density at radius 2 is 1.79 bits per heavy atom. The SMILES string of the molecule is CCC(Sc1cccc(NC(=O)/C(=C/c2ccsc2)NC(=O)c2ccccc2)c1)C(=O)Nc1ccccn1. The zero-order valence-corrected chi connectivity index (χ0v) is 22.2. The molecule has 4 aromatic rings. The van der Waals surface area contributed by atoms with E-state index in [1.165, 1.54) is 23.1 Å². The average molecular weight is 543 g/mol. The molecular weight excluding hydrogens is 516 g/mol. The molecule has 0 aliphatic rings. The van der Waals surface area contributed by atoms with Gasteiger partial charge in [-0.05, 0) is 77.4 Å². The number of aromatic nitrogens is 1. The summed E-state index contributed by atoms with van der Waals surface area (Å²) in [6, 6.07) is 23.2. The van der Waals surface area contributed by atoms with Crippen molar-refractivity contribution in [2.24, 2.45) is 0 Å². The number of benzene rings is 2. The van der Waals surface area contributed by atoms with Crippen molar-refractivity contribution in [2.75, 3.05) is 10.6 Å². The summed E-state index contributed by atoms with van der Waals surface area (Å²) in [6.45, 7) is 1.94. The van der Waals surface area contributed by atoms with Crippen LogP contribution in [0.3, 0.4) is 0 Å². The summed E-state index contributed by atoms with van der Waals surface area (Å²) in [6.07, 6.45) is 3.87. The van der Waals surface area contributed by atoms with Gasteiger partial charge in [-0.25, -0.2) is 4.98 Å². The molecule has 1 atom stereocenters. The van der Waals surface area contributed by atoms with E-state index in [1.54, 1.807) is 60.8 Å². The highest BCUT2D eigenvalue weighted by Gasteiger charge is 2.19. The van der Waals surface area contributed by atoms with Crippen LogP contribution in [-0.2, 0) is 9.59 Å². The lowest BCUT2D eigenvalue weighted by atomic mass is 10.2.